The number of benzene rings is 3. The molecule has 0 atom stereocenters. The van der Waals surface area contributed by atoms with Crippen LogP contribution in [0.4, 0.5) is 0 Å². The van der Waals surface area contributed by atoms with E-state index < -0.39 is 10.0 Å². The average Bonchev–Trinajstić information content (AvgIpc) is 2.59. The van der Waals surface area contributed by atoms with Crippen LogP contribution >= 0.6 is 0 Å². The van der Waals surface area contributed by atoms with Crippen LogP contribution in [0.2, 0.25) is 0 Å². The van der Waals surface area contributed by atoms with Crippen molar-refractivity contribution in [3.8, 4) is 0 Å². The highest BCUT2D eigenvalue weighted by Crippen LogP contribution is 2.19. The largest absolute Gasteiger partial charge is 0.384 e. The van der Waals surface area contributed by atoms with Gasteiger partial charge >= 0.3 is 0 Å². The minimum Gasteiger partial charge on any atom is -0.384 e. The van der Waals surface area contributed by atoms with Crippen molar-refractivity contribution in [2.24, 2.45) is 10.9 Å². The van der Waals surface area contributed by atoms with E-state index in [0.717, 1.165) is 21.9 Å². The second kappa shape index (κ2) is 6.51. The van der Waals surface area contributed by atoms with E-state index in [-0.39, 0.29) is 10.7 Å². The Kier molecular flexibility index (Phi) is 4.39. The maximum Gasteiger partial charge on any atom is 0.238 e. The Morgan fingerprint density at radius 3 is 2.04 bits per heavy atom. The maximum atomic E-state index is 11.3. The Labute approximate surface area is 146 Å². The van der Waals surface area contributed by atoms with E-state index in [0.29, 0.717) is 5.56 Å². The Morgan fingerprint density at radius 2 is 1.40 bits per heavy atom. The molecule has 0 aromatic heterocycles. The number of nitrogens with one attached hydrogen (secondary N) is 1. The molecule has 0 saturated carbocycles. The molecule has 0 fully saturated rings. The number of primary sulfonamides is 1. The summed E-state index contributed by atoms with van der Waals surface area (Å²) < 4.78 is 22.5. The van der Waals surface area contributed by atoms with Crippen molar-refractivity contribution < 1.29 is 8.42 Å². The molecule has 0 saturated heterocycles. The first-order valence-electron chi connectivity index (χ1n) is 7.52. The van der Waals surface area contributed by atoms with Gasteiger partial charge in [0.1, 0.15) is 5.84 Å². The lowest BCUT2D eigenvalue weighted by Crippen LogP contribution is -2.11. The first-order chi connectivity index (χ1) is 11.8. The second-order valence-electron chi connectivity index (χ2n) is 5.68. The van der Waals surface area contributed by atoms with Crippen molar-refractivity contribution in [1.82, 2.24) is 0 Å². The number of hydrogen-bond donors (Lipinski definition) is 3. The van der Waals surface area contributed by atoms with Crippen molar-refractivity contribution in [2.45, 2.75) is 4.90 Å². The number of amidine groups is 1. The Bertz CT molecular complexity index is 1090. The van der Waals surface area contributed by atoms with Crippen LogP contribution in [0.5, 0.6) is 0 Å². The van der Waals surface area contributed by atoms with Gasteiger partial charge in [-0.05, 0) is 46.2 Å². The highest BCUT2D eigenvalue weighted by molar-refractivity contribution is 7.89. The molecule has 6 heteroatoms. The molecular formula is C19H17N3O2S. The lowest BCUT2D eigenvalue weighted by atomic mass is 10.0. The number of fused-ring (bicyclic) bond motifs is 1. The third-order valence-electron chi connectivity index (χ3n) is 3.85. The van der Waals surface area contributed by atoms with Gasteiger partial charge in [0.05, 0.1) is 4.90 Å². The van der Waals surface area contributed by atoms with Crippen LogP contribution < -0.4 is 10.9 Å². The standard InChI is InChI=1S/C19H17N3O2S/c20-19(21)17-8-7-15-11-14(3-6-16(15)12-17)2-1-13-4-9-18(10-5-13)25(22,23)24/h1-12H,(H3,20,21)(H2,22,23,24). The number of rotatable bonds is 4. The van der Waals surface area contributed by atoms with E-state index in [4.69, 9.17) is 16.3 Å². The smallest absolute Gasteiger partial charge is 0.238 e. The van der Waals surface area contributed by atoms with Gasteiger partial charge in [-0.2, -0.15) is 0 Å². The van der Waals surface area contributed by atoms with Crippen molar-refractivity contribution in [3.05, 3.63) is 77.4 Å². The molecule has 25 heavy (non-hydrogen) atoms. The molecule has 0 radical (unpaired) electrons. The second-order valence-corrected chi connectivity index (χ2v) is 7.24. The molecule has 3 aromatic rings. The van der Waals surface area contributed by atoms with Crippen LogP contribution in [0.15, 0.2) is 65.6 Å². The van der Waals surface area contributed by atoms with Gasteiger partial charge in [-0.3, -0.25) is 5.41 Å². The van der Waals surface area contributed by atoms with Crippen LogP contribution in [-0.2, 0) is 10.0 Å². The molecule has 0 aliphatic heterocycles. The fraction of sp³-hybridized carbons (Fsp3) is 0. The zero-order valence-corrected chi connectivity index (χ0v) is 14.1. The van der Waals surface area contributed by atoms with Crippen LogP contribution in [0.3, 0.4) is 0 Å². The Balaban J connectivity index is 1.86. The topological polar surface area (TPSA) is 110 Å². The average molecular weight is 351 g/mol. The van der Waals surface area contributed by atoms with Crippen LogP contribution in [-0.4, -0.2) is 14.3 Å². The summed E-state index contributed by atoms with van der Waals surface area (Å²) in [6, 6.07) is 18.0. The summed E-state index contributed by atoms with van der Waals surface area (Å²) in [7, 11) is -3.67. The van der Waals surface area contributed by atoms with E-state index in [1.165, 1.54) is 12.1 Å². The van der Waals surface area contributed by atoms with Crippen LogP contribution in [0.1, 0.15) is 16.7 Å². The first kappa shape index (κ1) is 16.9. The van der Waals surface area contributed by atoms with Crippen molar-refractivity contribution >= 4 is 38.8 Å². The highest BCUT2D eigenvalue weighted by Gasteiger charge is 2.05. The van der Waals surface area contributed by atoms with Gasteiger partial charge in [-0.1, -0.05) is 48.6 Å². The summed E-state index contributed by atoms with van der Waals surface area (Å²) in [6.07, 6.45) is 3.85. The summed E-state index contributed by atoms with van der Waals surface area (Å²) in [6.45, 7) is 0. The first-order valence-corrected chi connectivity index (χ1v) is 9.07. The van der Waals surface area contributed by atoms with Gasteiger partial charge in [-0.15, -0.1) is 0 Å². The van der Waals surface area contributed by atoms with Gasteiger partial charge in [0, 0.05) is 5.56 Å². The fourth-order valence-corrected chi connectivity index (χ4v) is 3.01. The van der Waals surface area contributed by atoms with Crippen LogP contribution in [0.25, 0.3) is 22.9 Å². The Morgan fingerprint density at radius 1 is 0.840 bits per heavy atom. The van der Waals surface area contributed by atoms with E-state index >= 15 is 0 Å². The lowest BCUT2D eigenvalue weighted by molar-refractivity contribution is 0.598. The molecule has 3 aromatic carbocycles. The number of nitrogen functional groups attached to an aromatic ring is 1. The molecule has 5 nitrogen and oxygen atoms in total. The highest BCUT2D eigenvalue weighted by atomic mass is 32.2. The SMILES string of the molecule is N=C(N)c1ccc2cc(C=Cc3ccc(S(N)(=O)=O)cc3)ccc2c1. The molecular weight excluding hydrogens is 334 g/mol. The molecule has 0 bridgehead atoms. The van der Waals surface area contributed by atoms with Gasteiger partial charge in [-0.25, -0.2) is 13.6 Å². The monoisotopic (exact) mass is 351 g/mol. The van der Waals surface area contributed by atoms with Gasteiger partial charge in [0.15, 0.2) is 0 Å². The van der Waals surface area contributed by atoms with Crippen molar-refractivity contribution in [2.75, 3.05) is 0 Å². The Hall–Kier alpha value is -2.96. The summed E-state index contributed by atoms with van der Waals surface area (Å²) >= 11 is 0. The molecule has 126 valence electrons. The third-order valence-corrected chi connectivity index (χ3v) is 4.78. The number of hydrogen-bond acceptors (Lipinski definition) is 3. The quantitative estimate of drug-likeness (QED) is 0.382. The molecule has 0 heterocycles. The fourth-order valence-electron chi connectivity index (χ4n) is 2.50. The molecule has 0 unspecified atom stereocenters. The summed E-state index contributed by atoms with van der Waals surface area (Å²) in [5.74, 6) is 0.0498. The van der Waals surface area contributed by atoms with Crippen molar-refractivity contribution in [3.63, 3.8) is 0 Å². The molecule has 0 aliphatic carbocycles. The number of nitrogens with two attached hydrogens (primary N) is 2. The molecule has 3 rings (SSSR count). The number of sulfonamides is 1. The summed E-state index contributed by atoms with van der Waals surface area (Å²) in [4.78, 5) is 0.0941. The minimum absolute atomic E-state index is 0.0498. The lowest BCUT2D eigenvalue weighted by Gasteiger charge is -2.03. The third kappa shape index (κ3) is 3.93. The van der Waals surface area contributed by atoms with Gasteiger partial charge in [0.2, 0.25) is 10.0 Å². The minimum atomic E-state index is -3.67. The zero-order chi connectivity index (χ0) is 18.0. The van der Waals surface area contributed by atoms with E-state index in [1.807, 2.05) is 48.6 Å². The van der Waals surface area contributed by atoms with E-state index in [9.17, 15) is 8.42 Å². The molecule has 0 aliphatic rings. The predicted octanol–water partition coefficient (Wildman–Crippen LogP) is 2.94. The normalized spacial score (nSPS) is 11.9. The molecule has 0 amide bonds. The van der Waals surface area contributed by atoms with E-state index in [1.54, 1.807) is 12.1 Å². The van der Waals surface area contributed by atoms with Crippen molar-refractivity contribution in [1.29, 1.82) is 5.41 Å². The molecule has 0 spiro atoms. The zero-order valence-electron chi connectivity index (χ0n) is 13.3. The predicted molar refractivity (Wildman–Crippen MR) is 102 cm³/mol. The van der Waals surface area contributed by atoms with E-state index in [2.05, 4.69) is 0 Å². The summed E-state index contributed by atoms with van der Waals surface area (Å²) in [5, 5.41) is 14.6. The van der Waals surface area contributed by atoms with Gasteiger partial charge < -0.3 is 5.73 Å². The maximum absolute atomic E-state index is 11.3. The van der Waals surface area contributed by atoms with Crippen LogP contribution in [0, 0.1) is 5.41 Å². The molecule has 5 N–H and O–H groups in total. The summed E-state index contributed by atoms with van der Waals surface area (Å²) in [5.41, 5.74) is 8.10. The van der Waals surface area contributed by atoms with Gasteiger partial charge in [0.25, 0.3) is 0 Å².